The first-order chi connectivity index (χ1) is 16.6. The van der Waals surface area contributed by atoms with Crippen LogP contribution in [0.25, 0.3) is 5.69 Å². The molecule has 0 bridgehead atoms. The topological polar surface area (TPSA) is 69.4 Å². The third-order valence-corrected chi connectivity index (χ3v) is 5.97. The average Bonchev–Trinajstić information content (AvgIpc) is 3.18. The van der Waals surface area contributed by atoms with Crippen molar-refractivity contribution in [1.29, 1.82) is 0 Å². The SMILES string of the molecule is Cc1ccc2c(c1)C(c1ccccn1)=N[C@@H](CCC(=O)OCc1ccccc1)c1ncc(C)n1-2. The number of aliphatic imine (C=N–C) groups is 1. The Kier molecular flexibility index (Phi) is 6.04. The Hall–Kier alpha value is -4.06. The second-order valence-electron chi connectivity index (χ2n) is 8.51. The van der Waals surface area contributed by atoms with E-state index in [4.69, 9.17) is 14.7 Å². The third-order valence-electron chi connectivity index (χ3n) is 5.97. The second kappa shape index (κ2) is 9.43. The van der Waals surface area contributed by atoms with E-state index in [-0.39, 0.29) is 25.0 Å². The molecule has 2 aromatic carbocycles. The molecule has 170 valence electrons. The zero-order valence-electron chi connectivity index (χ0n) is 19.3. The summed E-state index contributed by atoms with van der Waals surface area (Å²) in [5, 5.41) is 0. The molecule has 4 aromatic rings. The predicted molar refractivity (Wildman–Crippen MR) is 131 cm³/mol. The van der Waals surface area contributed by atoms with Gasteiger partial charge in [-0.3, -0.25) is 19.3 Å². The average molecular weight is 451 g/mol. The van der Waals surface area contributed by atoms with E-state index in [9.17, 15) is 4.79 Å². The van der Waals surface area contributed by atoms with Crippen LogP contribution in [0.1, 0.15) is 52.8 Å². The van der Waals surface area contributed by atoms with Crippen molar-refractivity contribution in [3.8, 4) is 5.69 Å². The summed E-state index contributed by atoms with van der Waals surface area (Å²) in [5.74, 6) is 0.579. The maximum atomic E-state index is 12.6. The van der Waals surface area contributed by atoms with Crippen LogP contribution >= 0.6 is 0 Å². The van der Waals surface area contributed by atoms with Crippen molar-refractivity contribution in [3.63, 3.8) is 0 Å². The smallest absolute Gasteiger partial charge is 0.306 e. The fourth-order valence-electron chi connectivity index (χ4n) is 4.29. The fraction of sp³-hybridized carbons (Fsp3) is 0.214. The van der Waals surface area contributed by atoms with E-state index >= 15 is 0 Å². The highest BCUT2D eigenvalue weighted by Crippen LogP contribution is 2.34. The van der Waals surface area contributed by atoms with Gasteiger partial charge in [0.15, 0.2) is 0 Å². The van der Waals surface area contributed by atoms with Gasteiger partial charge in [0.2, 0.25) is 0 Å². The molecule has 2 aromatic heterocycles. The van der Waals surface area contributed by atoms with Crippen molar-refractivity contribution in [2.45, 2.75) is 39.3 Å². The number of carbonyl (C=O) groups is 1. The van der Waals surface area contributed by atoms with Crippen LogP contribution in [0.3, 0.4) is 0 Å². The van der Waals surface area contributed by atoms with Crippen molar-refractivity contribution in [3.05, 3.63) is 113 Å². The summed E-state index contributed by atoms with van der Waals surface area (Å²) in [6, 6.07) is 21.6. The van der Waals surface area contributed by atoms with E-state index in [1.165, 1.54) is 0 Å². The lowest BCUT2D eigenvalue weighted by Crippen LogP contribution is -2.10. The highest BCUT2D eigenvalue weighted by atomic mass is 16.5. The molecule has 0 fully saturated rings. The van der Waals surface area contributed by atoms with Gasteiger partial charge >= 0.3 is 5.97 Å². The first-order valence-electron chi connectivity index (χ1n) is 11.4. The van der Waals surface area contributed by atoms with Crippen molar-refractivity contribution in [2.75, 3.05) is 0 Å². The van der Waals surface area contributed by atoms with Crippen LogP contribution < -0.4 is 0 Å². The van der Waals surface area contributed by atoms with Crippen LogP contribution in [0.2, 0.25) is 0 Å². The Morgan fingerprint density at radius 2 is 1.82 bits per heavy atom. The maximum absolute atomic E-state index is 12.6. The van der Waals surface area contributed by atoms with Crippen LogP contribution in [0.5, 0.6) is 0 Å². The summed E-state index contributed by atoms with van der Waals surface area (Å²) in [6.45, 7) is 4.38. The van der Waals surface area contributed by atoms with Gasteiger partial charge in [-0.1, -0.05) is 48.0 Å². The number of fused-ring (bicyclic) bond motifs is 3. The first kappa shape index (κ1) is 21.8. The van der Waals surface area contributed by atoms with E-state index in [0.717, 1.165) is 45.3 Å². The minimum Gasteiger partial charge on any atom is -0.461 e. The molecule has 1 aliphatic rings. The predicted octanol–water partition coefficient (Wildman–Crippen LogP) is 5.30. The quantitative estimate of drug-likeness (QED) is 0.374. The molecule has 0 saturated heterocycles. The molecule has 0 radical (unpaired) electrons. The third kappa shape index (κ3) is 4.39. The Labute approximate surface area is 199 Å². The largest absolute Gasteiger partial charge is 0.461 e. The summed E-state index contributed by atoms with van der Waals surface area (Å²) >= 11 is 0. The van der Waals surface area contributed by atoms with Crippen molar-refractivity contribution < 1.29 is 9.53 Å². The van der Waals surface area contributed by atoms with E-state index in [1.807, 2.05) is 61.7 Å². The van der Waals surface area contributed by atoms with Gasteiger partial charge in [-0.2, -0.15) is 0 Å². The Bertz CT molecular complexity index is 1340. The van der Waals surface area contributed by atoms with Gasteiger partial charge in [0.05, 0.1) is 17.1 Å². The molecule has 0 amide bonds. The molecule has 6 heteroatoms. The van der Waals surface area contributed by atoms with Crippen LogP contribution in [0, 0.1) is 13.8 Å². The minimum absolute atomic E-state index is 0.245. The van der Waals surface area contributed by atoms with Gasteiger partial charge in [-0.05, 0) is 50.1 Å². The molecule has 1 atom stereocenters. The Morgan fingerprint density at radius 1 is 1.00 bits per heavy atom. The lowest BCUT2D eigenvalue weighted by Gasteiger charge is -2.14. The molecule has 3 heterocycles. The summed E-state index contributed by atoms with van der Waals surface area (Å²) in [5.41, 5.74) is 6.78. The first-order valence-corrected chi connectivity index (χ1v) is 11.4. The molecule has 0 unspecified atom stereocenters. The number of nitrogens with zero attached hydrogens (tertiary/aromatic N) is 4. The van der Waals surface area contributed by atoms with E-state index in [1.54, 1.807) is 6.20 Å². The molecule has 0 N–H and O–H groups in total. The minimum atomic E-state index is -0.303. The standard InChI is InChI=1S/C28H26N4O2/c1-19-11-13-25-22(16-19)27(23-10-6-7-15-29-23)31-24(28-30-17-20(2)32(25)28)12-14-26(33)34-18-21-8-4-3-5-9-21/h3-11,13,15-17,24H,12,14,18H2,1-2H3/t24-/m0/s1. The number of hydrogen-bond acceptors (Lipinski definition) is 5. The van der Waals surface area contributed by atoms with Crippen molar-refractivity contribution in [1.82, 2.24) is 14.5 Å². The molecular formula is C28H26N4O2. The molecule has 0 spiro atoms. The number of aryl methyl sites for hydroxylation is 2. The summed E-state index contributed by atoms with van der Waals surface area (Å²) < 4.78 is 7.65. The summed E-state index contributed by atoms with van der Waals surface area (Å²) in [6.07, 6.45) is 4.38. The van der Waals surface area contributed by atoms with Gasteiger partial charge < -0.3 is 4.74 Å². The number of rotatable bonds is 6. The number of pyridine rings is 1. The summed E-state index contributed by atoms with van der Waals surface area (Å²) in [7, 11) is 0. The zero-order valence-corrected chi connectivity index (χ0v) is 19.3. The second-order valence-corrected chi connectivity index (χ2v) is 8.51. The molecule has 0 aliphatic carbocycles. The van der Waals surface area contributed by atoms with Crippen LogP contribution in [-0.4, -0.2) is 26.2 Å². The normalized spacial score (nSPS) is 14.5. The lowest BCUT2D eigenvalue weighted by molar-refractivity contribution is -0.145. The number of hydrogen-bond donors (Lipinski definition) is 0. The van der Waals surface area contributed by atoms with Gasteiger partial charge in [-0.15, -0.1) is 0 Å². The summed E-state index contributed by atoms with van der Waals surface area (Å²) in [4.78, 5) is 27.0. The molecule has 0 saturated carbocycles. The zero-order chi connectivity index (χ0) is 23.5. The van der Waals surface area contributed by atoms with Crippen LogP contribution in [-0.2, 0) is 16.1 Å². The van der Waals surface area contributed by atoms with Crippen LogP contribution in [0.15, 0.2) is 84.1 Å². The molecule has 5 rings (SSSR count). The highest BCUT2D eigenvalue weighted by Gasteiger charge is 2.28. The molecule has 6 nitrogen and oxygen atoms in total. The van der Waals surface area contributed by atoms with Gasteiger partial charge in [0, 0.05) is 30.1 Å². The Morgan fingerprint density at radius 3 is 2.62 bits per heavy atom. The Balaban J connectivity index is 1.47. The number of esters is 1. The van der Waals surface area contributed by atoms with E-state index in [2.05, 4.69) is 34.7 Å². The number of benzene rings is 2. The van der Waals surface area contributed by atoms with Crippen molar-refractivity contribution >= 4 is 11.7 Å². The van der Waals surface area contributed by atoms with Gasteiger partial charge in [-0.25, -0.2) is 4.98 Å². The molecular weight excluding hydrogens is 424 g/mol. The number of imidazole rings is 1. The van der Waals surface area contributed by atoms with E-state index in [0.29, 0.717) is 6.42 Å². The maximum Gasteiger partial charge on any atom is 0.306 e. The number of ether oxygens (including phenoxy) is 1. The number of carbonyl (C=O) groups excluding carboxylic acids is 1. The van der Waals surface area contributed by atoms with Gasteiger partial charge in [0.1, 0.15) is 18.5 Å². The van der Waals surface area contributed by atoms with Gasteiger partial charge in [0.25, 0.3) is 0 Å². The fourth-order valence-corrected chi connectivity index (χ4v) is 4.29. The highest BCUT2D eigenvalue weighted by molar-refractivity contribution is 6.14. The van der Waals surface area contributed by atoms with E-state index < -0.39 is 0 Å². The molecule has 1 aliphatic heterocycles. The van der Waals surface area contributed by atoms with Crippen molar-refractivity contribution in [2.24, 2.45) is 4.99 Å². The van der Waals surface area contributed by atoms with Crippen LogP contribution in [0.4, 0.5) is 0 Å². The molecule has 34 heavy (non-hydrogen) atoms. The lowest BCUT2D eigenvalue weighted by atomic mass is 10.0. The number of aromatic nitrogens is 3. The monoisotopic (exact) mass is 450 g/mol.